The van der Waals surface area contributed by atoms with E-state index in [1.807, 2.05) is 6.92 Å². The van der Waals surface area contributed by atoms with Crippen LogP contribution in [0.5, 0.6) is 0 Å². The predicted molar refractivity (Wildman–Crippen MR) is 104 cm³/mol. The summed E-state index contributed by atoms with van der Waals surface area (Å²) in [4.78, 5) is 12.4. The molecule has 0 saturated carbocycles. The molecule has 0 aliphatic rings. The lowest BCUT2D eigenvalue weighted by Gasteiger charge is -2.06. The molecule has 0 saturated heterocycles. The number of amides is 1. The van der Waals surface area contributed by atoms with E-state index >= 15 is 0 Å². The van der Waals surface area contributed by atoms with Crippen molar-refractivity contribution in [1.82, 2.24) is 19.6 Å². The van der Waals surface area contributed by atoms with Crippen molar-refractivity contribution in [3.05, 3.63) is 61.6 Å². The summed E-state index contributed by atoms with van der Waals surface area (Å²) in [6, 6.07) is 4.49. The maximum atomic E-state index is 13.9. The Labute approximate surface area is 170 Å². The Bertz CT molecular complexity index is 951. The van der Waals surface area contributed by atoms with Gasteiger partial charge in [-0.25, -0.2) is 4.39 Å². The van der Waals surface area contributed by atoms with Gasteiger partial charge in [-0.3, -0.25) is 14.2 Å². The average Bonchev–Trinajstić information content (AvgIpc) is 3.14. The highest BCUT2D eigenvalue weighted by Crippen LogP contribution is 2.25. The van der Waals surface area contributed by atoms with E-state index in [4.69, 9.17) is 11.6 Å². The molecule has 1 aromatic carbocycles. The molecule has 3 rings (SSSR count). The molecule has 0 unspecified atom stereocenters. The molecule has 26 heavy (non-hydrogen) atoms. The molecule has 0 aliphatic carbocycles. The summed E-state index contributed by atoms with van der Waals surface area (Å²) >= 11 is 12.7. The Balaban J connectivity index is 1.80. The molecule has 10 heteroatoms. The normalized spacial score (nSPS) is 11.0. The zero-order valence-electron chi connectivity index (χ0n) is 13.5. The van der Waals surface area contributed by atoms with Gasteiger partial charge in [0.2, 0.25) is 0 Å². The van der Waals surface area contributed by atoms with Crippen molar-refractivity contribution in [2.75, 3.05) is 5.32 Å². The number of carbonyl (C=O) groups excluding carboxylic acids is 1. The van der Waals surface area contributed by atoms with Crippen LogP contribution in [0, 0.1) is 5.82 Å². The van der Waals surface area contributed by atoms with Gasteiger partial charge in [0.25, 0.3) is 5.91 Å². The van der Waals surface area contributed by atoms with Crippen molar-refractivity contribution >= 4 is 55.2 Å². The van der Waals surface area contributed by atoms with Gasteiger partial charge in [0.1, 0.15) is 5.82 Å². The highest BCUT2D eigenvalue weighted by atomic mass is 79.9. The standard InChI is InChI=1S/C16H13Br2ClFN5O/c1-2-24-7-10(17)14(22-24)16(26)21-15-11(18)8-25(23-15)6-9-12(19)4-3-5-13(9)20/h3-5,7-8H,2,6H2,1H3,(H,21,23,26). The van der Waals surface area contributed by atoms with E-state index in [1.54, 1.807) is 29.2 Å². The number of nitrogens with one attached hydrogen (secondary N) is 1. The number of halogens is 4. The van der Waals surface area contributed by atoms with E-state index in [0.717, 1.165) is 0 Å². The lowest BCUT2D eigenvalue weighted by molar-refractivity contribution is 0.102. The van der Waals surface area contributed by atoms with Gasteiger partial charge in [0, 0.05) is 29.5 Å². The van der Waals surface area contributed by atoms with E-state index in [9.17, 15) is 9.18 Å². The molecule has 0 radical (unpaired) electrons. The first-order chi connectivity index (χ1) is 12.4. The van der Waals surface area contributed by atoms with Crippen LogP contribution >= 0.6 is 43.5 Å². The first-order valence-corrected chi connectivity index (χ1v) is 9.55. The third-order valence-electron chi connectivity index (χ3n) is 3.59. The van der Waals surface area contributed by atoms with Crippen molar-refractivity contribution in [3.63, 3.8) is 0 Å². The average molecular weight is 506 g/mol. The number of hydrogen-bond donors (Lipinski definition) is 1. The number of benzene rings is 1. The first kappa shape index (κ1) is 19.1. The van der Waals surface area contributed by atoms with Crippen LogP contribution in [0.1, 0.15) is 23.0 Å². The Morgan fingerprint density at radius 1 is 1.23 bits per heavy atom. The summed E-state index contributed by atoms with van der Waals surface area (Å²) in [5.41, 5.74) is 0.580. The van der Waals surface area contributed by atoms with Crippen LogP contribution in [0.3, 0.4) is 0 Å². The number of hydrogen-bond acceptors (Lipinski definition) is 3. The molecule has 0 aliphatic heterocycles. The fourth-order valence-corrected chi connectivity index (χ4v) is 3.42. The molecular weight excluding hydrogens is 492 g/mol. The molecule has 136 valence electrons. The quantitative estimate of drug-likeness (QED) is 0.546. The highest BCUT2D eigenvalue weighted by molar-refractivity contribution is 9.11. The predicted octanol–water partition coefficient (Wildman–Crippen LogP) is 4.72. The maximum absolute atomic E-state index is 13.9. The zero-order chi connectivity index (χ0) is 18.8. The largest absolute Gasteiger partial charge is 0.303 e. The summed E-state index contributed by atoms with van der Waals surface area (Å²) in [7, 11) is 0. The van der Waals surface area contributed by atoms with Gasteiger partial charge in [-0.2, -0.15) is 10.2 Å². The van der Waals surface area contributed by atoms with Crippen molar-refractivity contribution in [2.24, 2.45) is 0 Å². The number of anilines is 1. The molecule has 0 fully saturated rings. The fourth-order valence-electron chi connectivity index (χ4n) is 2.29. The second-order valence-electron chi connectivity index (χ2n) is 5.36. The van der Waals surface area contributed by atoms with Gasteiger partial charge in [-0.05, 0) is 50.9 Å². The SMILES string of the molecule is CCn1cc(Br)c(C(=O)Nc2nn(Cc3c(F)cccc3Cl)cc2Br)n1. The van der Waals surface area contributed by atoms with E-state index in [1.165, 1.54) is 10.7 Å². The summed E-state index contributed by atoms with van der Waals surface area (Å²) < 4.78 is 18.2. The second-order valence-corrected chi connectivity index (χ2v) is 7.47. The summed E-state index contributed by atoms with van der Waals surface area (Å²) in [5, 5.41) is 11.5. The van der Waals surface area contributed by atoms with Gasteiger partial charge in [0.15, 0.2) is 11.5 Å². The first-order valence-electron chi connectivity index (χ1n) is 7.59. The van der Waals surface area contributed by atoms with E-state index in [-0.39, 0.29) is 12.2 Å². The monoisotopic (exact) mass is 503 g/mol. The lowest BCUT2D eigenvalue weighted by atomic mass is 10.2. The van der Waals surface area contributed by atoms with Crippen molar-refractivity contribution in [2.45, 2.75) is 20.0 Å². The van der Waals surface area contributed by atoms with Crippen molar-refractivity contribution in [1.29, 1.82) is 0 Å². The summed E-state index contributed by atoms with van der Waals surface area (Å²) in [5.74, 6) is -0.511. The van der Waals surface area contributed by atoms with Gasteiger partial charge >= 0.3 is 0 Å². The van der Waals surface area contributed by atoms with E-state index in [2.05, 4.69) is 47.4 Å². The topological polar surface area (TPSA) is 64.7 Å². The van der Waals surface area contributed by atoms with Crippen LogP contribution in [0.4, 0.5) is 10.2 Å². The lowest BCUT2D eigenvalue weighted by Crippen LogP contribution is -2.15. The van der Waals surface area contributed by atoms with Crippen LogP contribution in [0.15, 0.2) is 39.5 Å². The maximum Gasteiger partial charge on any atom is 0.278 e. The molecule has 3 aromatic rings. The van der Waals surface area contributed by atoms with Crippen LogP contribution in [-0.2, 0) is 13.1 Å². The molecule has 2 heterocycles. The molecule has 6 nitrogen and oxygen atoms in total. The minimum Gasteiger partial charge on any atom is -0.303 e. The number of carbonyl (C=O) groups is 1. The summed E-state index contributed by atoms with van der Waals surface area (Å²) in [6.45, 7) is 2.70. The van der Waals surface area contributed by atoms with Gasteiger partial charge < -0.3 is 5.32 Å². The van der Waals surface area contributed by atoms with Crippen LogP contribution < -0.4 is 5.32 Å². The minimum absolute atomic E-state index is 0.133. The van der Waals surface area contributed by atoms with E-state index < -0.39 is 11.7 Å². The van der Waals surface area contributed by atoms with E-state index in [0.29, 0.717) is 31.9 Å². The van der Waals surface area contributed by atoms with Gasteiger partial charge in [-0.1, -0.05) is 17.7 Å². The Morgan fingerprint density at radius 2 is 1.96 bits per heavy atom. The molecular formula is C16H13Br2ClFN5O. The Hall–Kier alpha value is -1.71. The van der Waals surface area contributed by atoms with Crippen LogP contribution in [-0.4, -0.2) is 25.5 Å². The number of aryl methyl sites for hydroxylation is 1. The molecule has 1 N–H and O–H groups in total. The minimum atomic E-state index is -0.413. The van der Waals surface area contributed by atoms with Crippen LogP contribution in [0.2, 0.25) is 5.02 Å². The smallest absolute Gasteiger partial charge is 0.278 e. The third-order valence-corrected chi connectivity index (χ3v) is 5.10. The molecule has 1 amide bonds. The van der Waals surface area contributed by atoms with Gasteiger partial charge in [-0.15, -0.1) is 0 Å². The third kappa shape index (κ3) is 3.99. The molecule has 0 bridgehead atoms. The second kappa shape index (κ2) is 7.89. The summed E-state index contributed by atoms with van der Waals surface area (Å²) in [6.07, 6.45) is 3.36. The Kier molecular flexibility index (Phi) is 5.79. The zero-order valence-corrected chi connectivity index (χ0v) is 17.4. The molecule has 0 spiro atoms. The fraction of sp³-hybridized carbons (Fsp3) is 0.188. The van der Waals surface area contributed by atoms with Crippen molar-refractivity contribution in [3.8, 4) is 0 Å². The van der Waals surface area contributed by atoms with Crippen LogP contribution in [0.25, 0.3) is 0 Å². The highest BCUT2D eigenvalue weighted by Gasteiger charge is 2.18. The van der Waals surface area contributed by atoms with Gasteiger partial charge in [0.05, 0.1) is 15.5 Å². The molecule has 2 aromatic heterocycles. The number of rotatable bonds is 5. The number of aromatic nitrogens is 4. The van der Waals surface area contributed by atoms with Crippen molar-refractivity contribution < 1.29 is 9.18 Å². The number of nitrogens with zero attached hydrogens (tertiary/aromatic N) is 4. The Morgan fingerprint density at radius 3 is 2.62 bits per heavy atom. The molecule has 0 atom stereocenters.